The Bertz CT molecular complexity index is 1480. The van der Waals surface area contributed by atoms with Gasteiger partial charge in [-0.25, -0.2) is 0 Å². The van der Waals surface area contributed by atoms with Gasteiger partial charge in [0.15, 0.2) is 5.75 Å². The Labute approximate surface area is 181 Å². The molecule has 0 atom stereocenters. The monoisotopic (exact) mass is 433 g/mol. The van der Waals surface area contributed by atoms with Gasteiger partial charge in [0.25, 0.3) is 0 Å². The highest BCUT2D eigenvalue weighted by molar-refractivity contribution is 7.87. The molecule has 5 rings (SSSR count). The molecule has 1 aliphatic heterocycles. The summed E-state index contributed by atoms with van der Waals surface area (Å²) in [5.41, 5.74) is 4.01. The van der Waals surface area contributed by atoms with Crippen LogP contribution in [-0.2, 0) is 10.1 Å². The highest BCUT2D eigenvalue weighted by Gasteiger charge is 2.24. The van der Waals surface area contributed by atoms with Gasteiger partial charge in [-0.1, -0.05) is 23.8 Å². The van der Waals surface area contributed by atoms with E-state index < -0.39 is 10.1 Å². The fraction of sp³-hybridized carbons (Fsp3) is 0.200. The van der Waals surface area contributed by atoms with Gasteiger partial charge in [0.2, 0.25) is 0 Å². The lowest BCUT2D eigenvalue weighted by atomic mass is 10.0. The van der Waals surface area contributed by atoms with Crippen molar-refractivity contribution in [2.45, 2.75) is 38.2 Å². The zero-order valence-electron chi connectivity index (χ0n) is 17.8. The van der Waals surface area contributed by atoms with Gasteiger partial charge in [-0.2, -0.15) is 8.42 Å². The summed E-state index contributed by atoms with van der Waals surface area (Å²) >= 11 is 0. The molecule has 5 nitrogen and oxygen atoms in total. The molecular weight excluding hydrogens is 410 g/mol. The van der Waals surface area contributed by atoms with Gasteiger partial charge >= 0.3 is 10.1 Å². The molecule has 0 unspecified atom stereocenters. The Morgan fingerprint density at radius 2 is 1.68 bits per heavy atom. The van der Waals surface area contributed by atoms with Crippen LogP contribution in [0.25, 0.3) is 27.9 Å². The van der Waals surface area contributed by atoms with E-state index in [9.17, 15) is 8.42 Å². The first-order chi connectivity index (χ1) is 14.6. The van der Waals surface area contributed by atoms with Crippen LogP contribution < -0.4 is 8.92 Å². The standard InChI is InChI=1S/C25H23NO4S/c1-15-5-7-18(8-6-15)31(27,28)30-23-12-16(2)11-20-19-13-17-9-10-25(3,4)29-22(17)14-21(19)26-24(20)23/h5-14,26H,1-4H3. The Hall–Kier alpha value is -3.25. The minimum atomic E-state index is -3.96. The van der Waals surface area contributed by atoms with E-state index in [2.05, 4.69) is 17.1 Å². The van der Waals surface area contributed by atoms with Crippen molar-refractivity contribution in [2.75, 3.05) is 0 Å². The molecule has 2 heterocycles. The topological polar surface area (TPSA) is 68.4 Å². The van der Waals surface area contributed by atoms with Crippen LogP contribution in [0.1, 0.15) is 30.5 Å². The number of ether oxygens (including phenoxy) is 1. The van der Waals surface area contributed by atoms with Crippen LogP contribution in [0.15, 0.2) is 59.5 Å². The normalized spacial score (nSPS) is 15.1. The van der Waals surface area contributed by atoms with Crippen molar-refractivity contribution in [3.05, 3.63) is 71.3 Å². The molecule has 1 N–H and O–H groups in total. The van der Waals surface area contributed by atoms with Crippen LogP contribution in [-0.4, -0.2) is 19.0 Å². The van der Waals surface area contributed by atoms with E-state index in [-0.39, 0.29) is 16.2 Å². The maximum absolute atomic E-state index is 12.9. The second-order valence-electron chi connectivity index (χ2n) is 8.64. The maximum atomic E-state index is 12.9. The van der Waals surface area contributed by atoms with Crippen molar-refractivity contribution in [3.63, 3.8) is 0 Å². The van der Waals surface area contributed by atoms with Crippen LogP contribution >= 0.6 is 0 Å². The number of aromatic nitrogens is 1. The predicted molar refractivity (Wildman–Crippen MR) is 123 cm³/mol. The van der Waals surface area contributed by atoms with Crippen molar-refractivity contribution in [2.24, 2.45) is 0 Å². The summed E-state index contributed by atoms with van der Waals surface area (Å²) in [7, 11) is -3.96. The van der Waals surface area contributed by atoms with Crippen LogP contribution in [0.2, 0.25) is 0 Å². The number of hydrogen-bond acceptors (Lipinski definition) is 4. The summed E-state index contributed by atoms with van der Waals surface area (Å²) in [5, 5.41) is 1.90. The second kappa shape index (κ2) is 6.62. The van der Waals surface area contributed by atoms with E-state index in [1.807, 2.05) is 45.9 Å². The molecule has 1 aliphatic rings. The highest BCUT2D eigenvalue weighted by Crippen LogP contribution is 2.39. The number of H-pyrrole nitrogens is 1. The minimum absolute atomic E-state index is 0.125. The van der Waals surface area contributed by atoms with Crippen molar-refractivity contribution in [1.29, 1.82) is 0 Å². The predicted octanol–water partition coefficient (Wildman–Crippen LogP) is 5.89. The molecule has 158 valence electrons. The summed E-state index contributed by atoms with van der Waals surface area (Å²) in [5.74, 6) is 1.07. The molecule has 0 saturated heterocycles. The molecule has 0 amide bonds. The molecule has 0 aliphatic carbocycles. The van der Waals surface area contributed by atoms with Crippen molar-refractivity contribution in [1.82, 2.24) is 4.98 Å². The molecule has 0 spiro atoms. The van der Waals surface area contributed by atoms with E-state index in [1.165, 1.54) is 0 Å². The number of aryl methyl sites for hydroxylation is 2. The Morgan fingerprint density at radius 3 is 2.42 bits per heavy atom. The highest BCUT2D eigenvalue weighted by atomic mass is 32.2. The number of hydrogen-bond donors (Lipinski definition) is 1. The summed E-state index contributed by atoms with van der Waals surface area (Å²) in [6.45, 7) is 7.85. The van der Waals surface area contributed by atoms with Crippen molar-refractivity contribution < 1.29 is 17.3 Å². The SMILES string of the molecule is Cc1ccc(S(=O)(=O)Oc2cc(C)cc3c2[nH]c2cc4c(cc23)C=CC(C)(C)O4)cc1. The van der Waals surface area contributed by atoms with Crippen LogP contribution in [0.4, 0.5) is 0 Å². The molecule has 0 bridgehead atoms. The summed E-state index contributed by atoms with van der Waals surface area (Å²) in [6.07, 6.45) is 4.09. The van der Waals surface area contributed by atoms with Crippen LogP contribution in [0.3, 0.4) is 0 Å². The van der Waals surface area contributed by atoms with E-state index in [1.54, 1.807) is 30.3 Å². The van der Waals surface area contributed by atoms with Gasteiger partial charge in [-0.05, 0) is 69.7 Å². The second-order valence-corrected chi connectivity index (χ2v) is 10.2. The van der Waals surface area contributed by atoms with Gasteiger partial charge < -0.3 is 13.9 Å². The molecule has 0 fully saturated rings. The first kappa shape index (κ1) is 19.7. The third-order valence-electron chi connectivity index (χ3n) is 5.49. The van der Waals surface area contributed by atoms with Gasteiger partial charge in [0, 0.05) is 22.4 Å². The lowest BCUT2D eigenvalue weighted by molar-refractivity contribution is 0.159. The molecule has 6 heteroatoms. The van der Waals surface area contributed by atoms with Crippen LogP contribution in [0, 0.1) is 13.8 Å². The van der Waals surface area contributed by atoms with Gasteiger partial charge in [-0.15, -0.1) is 0 Å². The zero-order valence-corrected chi connectivity index (χ0v) is 18.6. The molecule has 0 radical (unpaired) electrons. The Balaban J connectivity index is 1.66. The molecule has 31 heavy (non-hydrogen) atoms. The van der Waals surface area contributed by atoms with E-state index in [4.69, 9.17) is 8.92 Å². The summed E-state index contributed by atoms with van der Waals surface area (Å²) in [4.78, 5) is 3.47. The molecule has 0 saturated carbocycles. The van der Waals surface area contributed by atoms with Crippen molar-refractivity contribution >= 4 is 38.0 Å². The molecule has 4 aromatic rings. The Morgan fingerprint density at radius 1 is 0.935 bits per heavy atom. The first-order valence-corrected chi connectivity index (χ1v) is 11.5. The molecule has 1 aromatic heterocycles. The third-order valence-corrected chi connectivity index (χ3v) is 6.74. The van der Waals surface area contributed by atoms with E-state index in [0.717, 1.165) is 38.7 Å². The fourth-order valence-electron chi connectivity index (χ4n) is 3.92. The van der Waals surface area contributed by atoms with E-state index in [0.29, 0.717) is 5.52 Å². The van der Waals surface area contributed by atoms with Gasteiger partial charge in [0.1, 0.15) is 16.2 Å². The Kier molecular flexibility index (Phi) is 4.21. The number of aromatic amines is 1. The lowest BCUT2D eigenvalue weighted by Crippen LogP contribution is -2.27. The molecule has 3 aromatic carbocycles. The van der Waals surface area contributed by atoms with Gasteiger partial charge in [0.05, 0.1) is 11.0 Å². The number of fused-ring (bicyclic) bond motifs is 4. The maximum Gasteiger partial charge on any atom is 0.339 e. The zero-order chi connectivity index (χ0) is 22.0. The minimum Gasteiger partial charge on any atom is -0.483 e. The largest absolute Gasteiger partial charge is 0.483 e. The number of rotatable bonds is 3. The fourth-order valence-corrected chi connectivity index (χ4v) is 4.85. The average molecular weight is 434 g/mol. The smallest absolute Gasteiger partial charge is 0.339 e. The van der Waals surface area contributed by atoms with Crippen molar-refractivity contribution in [3.8, 4) is 11.5 Å². The number of nitrogens with one attached hydrogen (secondary N) is 1. The first-order valence-electron chi connectivity index (χ1n) is 10.1. The number of benzene rings is 3. The summed E-state index contributed by atoms with van der Waals surface area (Å²) < 4.78 is 37.5. The average Bonchev–Trinajstić information content (AvgIpc) is 3.03. The van der Waals surface area contributed by atoms with E-state index >= 15 is 0 Å². The molecular formula is C25H23NO4S. The quantitative estimate of drug-likeness (QED) is 0.409. The third kappa shape index (κ3) is 3.47. The van der Waals surface area contributed by atoms with Crippen LogP contribution in [0.5, 0.6) is 11.5 Å². The lowest BCUT2D eigenvalue weighted by Gasteiger charge is -2.27. The van der Waals surface area contributed by atoms with Gasteiger partial charge in [-0.3, -0.25) is 0 Å². The summed E-state index contributed by atoms with van der Waals surface area (Å²) in [6, 6.07) is 14.4.